The van der Waals surface area contributed by atoms with E-state index in [-0.39, 0.29) is 18.0 Å². The summed E-state index contributed by atoms with van der Waals surface area (Å²) in [6, 6.07) is 6.71. The number of nitrogens with zero attached hydrogens (tertiary/aromatic N) is 3. The summed E-state index contributed by atoms with van der Waals surface area (Å²) in [7, 11) is 1.51. The van der Waals surface area contributed by atoms with Crippen LogP contribution in [0.3, 0.4) is 0 Å². The van der Waals surface area contributed by atoms with E-state index in [1.165, 1.54) is 7.11 Å². The van der Waals surface area contributed by atoms with E-state index < -0.39 is 18.5 Å². The summed E-state index contributed by atoms with van der Waals surface area (Å²) in [6.07, 6.45) is 0. The summed E-state index contributed by atoms with van der Waals surface area (Å²) in [5, 5.41) is 24.8. The van der Waals surface area contributed by atoms with Gasteiger partial charge in [0.05, 0.1) is 7.11 Å². The normalized spacial score (nSPS) is 10.2. The molecule has 116 valence electrons. The molecule has 0 aliphatic heterocycles. The van der Waals surface area contributed by atoms with E-state index in [1.54, 1.807) is 24.3 Å². The summed E-state index contributed by atoms with van der Waals surface area (Å²) in [6.45, 7) is -0.688. The average molecular weight is 307 g/mol. The first-order valence-electron chi connectivity index (χ1n) is 6.15. The average Bonchev–Trinajstić information content (AvgIpc) is 2.87. The van der Waals surface area contributed by atoms with Gasteiger partial charge in [-0.1, -0.05) is 11.3 Å². The van der Waals surface area contributed by atoms with Gasteiger partial charge in [-0.3, -0.25) is 4.79 Å². The first-order valence-corrected chi connectivity index (χ1v) is 6.15. The molecule has 0 aliphatic rings. The van der Waals surface area contributed by atoms with Crippen LogP contribution in [0.1, 0.15) is 16.2 Å². The molecule has 0 fully saturated rings. The monoisotopic (exact) mass is 307 g/mol. The second-order valence-corrected chi connectivity index (χ2v) is 4.21. The Hall–Kier alpha value is -3.10. The molecular weight excluding hydrogens is 294 g/mol. The molecule has 0 saturated heterocycles. The van der Waals surface area contributed by atoms with E-state index in [0.717, 1.165) is 4.68 Å². The molecule has 0 bridgehead atoms. The van der Waals surface area contributed by atoms with Crippen molar-refractivity contribution in [3.63, 3.8) is 0 Å². The number of aromatic nitrogens is 3. The number of methoxy groups -OCH3 is 1. The Morgan fingerprint density at radius 1 is 1.27 bits per heavy atom. The summed E-state index contributed by atoms with van der Waals surface area (Å²) in [5.74, 6) is -1.45. The molecule has 2 aromatic rings. The molecule has 0 atom stereocenters. The van der Waals surface area contributed by atoms with Crippen LogP contribution >= 0.6 is 0 Å². The molecule has 22 heavy (non-hydrogen) atoms. The van der Waals surface area contributed by atoms with Crippen LogP contribution in [0.2, 0.25) is 0 Å². The maximum absolute atomic E-state index is 11.1. The molecule has 9 heteroatoms. The van der Waals surface area contributed by atoms with Crippen molar-refractivity contribution < 1.29 is 29.3 Å². The maximum Gasteiger partial charge on any atom is 0.358 e. The first kappa shape index (κ1) is 15.3. The van der Waals surface area contributed by atoms with Crippen LogP contribution in [0, 0.1) is 0 Å². The number of ether oxygens (including phenoxy) is 2. The van der Waals surface area contributed by atoms with Crippen molar-refractivity contribution in [1.29, 1.82) is 0 Å². The van der Waals surface area contributed by atoms with Gasteiger partial charge in [-0.15, -0.1) is 5.10 Å². The lowest BCUT2D eigenvalue weighted by Gasteiger charge is -2.09. The minimum atomic E-state index is -1.30. The fourth-order valence-corrected chi connectivity index (χ4v) is 1.74. The quantitative estimate of drug-likeness (QED) is 0.764. The molecule has 2 N–H and O–H groups in total. The number of benzene rings is 1. The van der Waals surface area contributed by atoms with Gasteiger partial charge >= 0.3 is 11.9 Å². The molecule has 0 unspecified atom stereocenters. The van der Waals surface area contributed by atoms with Crippen LogP contribution < -0.4 is 9.47 Å². The highest BCUT2D eigenvalue weighted by Crippen LogP contribution is 2.20. The third kappa shape index (κ3) is 3.51. The number of aliphatic carboxylic acids is 1. The second kappa shape index (κ2) is 6.57. The zero-order valence-corrected chi connectivity index (χ0v) is 11.6. The summed E-state index contributed by atoms with van der Waals surface area (Å²) in [5.41, 5.74) is -0.276. The molecule has 9 nitrogen and oxygen atoms in total. The van der Waals surface area contributed by atoms with Gasteiger partial charge in [-0.2, -0.15) is 0 Å². The Labute approximate surface area is 124 Å². The Bertz CT molecular complexity index is 697. The highest BCUT2D eigenvalue weighted by Gasteiger charge is 2.20. The fourth-order valence-electron chi connectivity index (χ4n) is 1.74. The number of carbonyl (C=O) groups is 2. The number of carboxylic acid groups (broad SMARTS) is 2. The van der Waals surface area contributed by atoms with Crippen molar-refractivity contribution in [3.05, 3.63) is 35.7 Å². The van der Waals surface area contributed by atoms with E-state index in [4.69, 9.17) is 19.7 Å². The van der Waals surface area contributed by atoms with E-state index in [2.05, 4.69) is 10.3 Å². The Morgan fingerprint density at radius 2 is 2.00 bits per heavy atom. The fraction of sp³-hybridized carbons (Fsp3) is 0.231. The van der Waals surface area contributed by atoms with Crippen LogP contribution in [-0.2, 0) is 17.9 Å². The summed E-state index contributed by atoms with van der Waals surface area (Å²) in [4.78, 5) is 21.9. The molecule has 0 spiro atoms. The minimum Gasteiger partial charge on any atom is -0.497 e. The van der Waals surface area contributed by atoms with Gasteiger partial charge in [0.15, 0.2) is 5.69 Å². The zero-order chi connectivity index (χ0) is 16.1. The van der Waals surface area contributed by atoms with Crippen LogP contribution in [0.15, 0.2) is 24.3 Å². The van der Waals surface area contributed by atoms with Gasteiger partial charge in [0, 0.05) is 6.07 Å². The van der Waals surface area contributed by atoms with Gasteiger partial charge in [-0.25, -0.2) is 9.48 Å². The van der Waals surface area contributed by atoms with Crippen LogP contribution in [-0.4, -0.2) is 44.3 Å². The largest absolute Gasteiger partial charge is 0.497 e. The molecule has 1 heterocycles. The molecule has 0 saturated carbocycles. The topological polar surface area (TPSA) is 124 Å². The van der Waals surface area contributed by atoms with Crippen LogP contribution in [0.25, 0.3) is 0 Å². The van der Waals surface area contributed by atoms with Gasteiger partial charge in [-0.05, 0) is 12.1 Å². The van der Waals surface area contributed by atoms with Crippen molar-refractivity contribution in [2.45, 2.75) is 13.2 Å². The minimum absolute atomic E-state index is 0.0673. The van der Waals surface area contributed by atoms with E-state index in [1.807, 2.05) is 0 Å². The van der Waals surface area contributed by atoms with Crippen LogP contribution in [0.4, 0.5) is 0 Å². The highest BCUT2D eigenvalue weighted by atomic mass is 16.5. The molecule has 1 aromatic heterocycles. The van der Waals surface area contributed by atoms with Crippen molar-refractivity contribution in [1.82, 2.24) is 15.0 Å². The SMILES string of the molecule is COc1cccc(OCc2c(C(=O)O)nnn2CC(=O)O)c1. The Kier molecular flexibility index (Phi) is 4.57. The van der Waals surface area contributed by atoms with E-state index in [9.17, 15) is 9.59 Å². The molecule has 1 aromatic carbocycles. The van der Waals surface area contributed by atoms with Gasteiger partial charge in [0.25, 0.3) is 0 Å². The maximum atomic E-state index is 11.1. The molecule has 0 radical (unpaired) electrons. The smallest absolute Gasteiger partial charge is 0.358 e. The van der Waals surface area contributed by atoms with Crippen molar-refractivity contribution >= 4 is 11.9 Å². The van der Waals surface area contributed by atoms with Gasteiger partial charge in [0.2, 0.25) is 0 Å². The molecule has 0 aliphatic carbocycles. The third-order valence-electron chi connectivity index (χ3n) is 2.74. The van der Waals surface area contributed by atoms with E-state index in [0.29, 0.717) is 11.5 Å². The lowest BCUT2D eigenvalue weighted by Crippen LogP contribution is -2.16. The van der Waals surface area contributed by atoms with Crippen LogP contribution in [0.5, 0.6) is 11.5 Å². The lowest BCUT2D eigenvalue weighted by atomic mass is 10.3. The Balaban J connectivity index is 2.21. The predicted octanol–water partition coefficient (Wildman–Crippen LogP) is 0.648. The Morgan fingerprint density at radius 3 is 2.64 bits per heavy atom. The molecule has 0 amide bonds. The van der Waals surface area contributed by atoms with Crippen molar-refractivity contribution in [3.8, 4) is 11.5 Å². The molecule has 2 rings (SSSR count). The zero-order valence-electron chi connectivity index (χ0n) is 11.6. The van der Waals surface area contributed by atoms with Crippen molar-refractivity contribution in [2.75, 3.05) is 7.11 Å². The number of hydrogen-bond donors (Lipinski definition) is 2. The highest BCUT2D eigenvalue weighted by molar-refractivity contribution is 5.86. The third-order valence-corrected chi connectivity index (χ3v) is 2.74. The molecular formula is C13H13N3O6. The number of carboxylic acids is 2. The van der Waals surface area contributed by atoms with Gasteiger partial charge < -0.3 is 19.7 Å². The van der Waals surface area contributed by atoms with E-state index >= 15 is 0 Å². The van der Waals surface area contributed by atoms with Crippen molar-refractivity contribution in [2.24, 2.45) is 0 Å². The summed E-state index contributed by atoms with van der Waals surface area (Å²) < 4.78 is 11.5. The summed E-state index contributed by atoms with van der Waals surface area (Å²) >= 11 is 0. The first-order chi connectivity index (χ1) is 10.5. The predicted molar refractivity (Wildman–Crippen MR) is 71.9 cm³/mol. The number of aromatic carboxylic acids is 1. The van der Waals surface area contributed by atoms with Gasteiger partial charge in [0.1, 0.15) is 30.3 Å². The standard InChI is InChI=1S/C13H13N3O6/c1-21-8-3-2-4-9(5-8)22-7-10-12(13(19)20)14-15-16(10)6-11(17)18/h2-5H,6-7H2,1H3,(H,17,18)(H,19,20). The second-order valence-electron chi connectivity index (χ2n) is 4.21. The number of rotatable bonds is 7. The lowest BCUT2D eigenvalue weighted by molar-refractivity contribution is -0.138. The number of hydrogen-bond acceptors (Lipinski definition) is 6.